The largest absolute Gasteiger partial charge is 0.486 e. The smallest absolute Gasteiger partial charge is 0.241 e. The van der Waals surface area contributed by atoms with Crippen LogP contribution in [0.5, 0.6) is 23.0 Å². The standard InChI is InChI=1S/C25H26N2O6S/c1-18(19-8-13-23-24(16-19)32-15-14-31-23)26-25(28)17-27(34(2,29)30)20-9-11-22(12-10-20)33-21-6-4-3-5-7-21/h3-13,16,18H,14-15,17H2,1-2H3,(H,26,28)/t18-/m1/s1. The fourth-order valence-corrected chi connectivity index (χ4v) is 4.39. The Morgan fingerprint density at radius 2 is 1.62 bits per heavy atom. The van der Waals surface area contributed by atoms with E-state index in [1.54, 1.807) is 30.3 Å². The van der Waals surface area contributed by atoms with Gasteiger partial charge in [-0.25, -0.2) is 8.42 Å². The molecule has 1 aliphatic heterocycles. The van der Waals surface area contributed by atoms with Gasteiger partial charge in [0.15, 0.2) is 11.5 Å². The van der Waals surface area contributed by atoms with Crippen molar-refractivity contribution < 1.29 is 27.4 Å². The molecule has 0 unspecified atom stereocenters. The van der Waals surface area contributed by atoms with Crippen molar-refractivity contribution in [3.63, 3.8) is 0 Å². The molecule has 0 aromatic heterocycles. The van der Waals surface area contributed by atoms with Crippen molar-refractivity contribution in [2.45, 2.75) is 13.0 Å². The molecule has 4 rings (SSSR count). The van der Waals surface area contributed by atoms with Crippen LogP contribution in [0.15, 0.2) is 72.8 Å². The van der Waals surface area contributed by atoms with Gasteiger partial charge >= 0.3 is 0 Å². The number of rotatable bonds is 8. The van der Waals surface area contributed by atoms with Crippen LogP contribution in [0.1, 0.15) is 18.5 Å². The summed E-state index contributed by atoms with van der Waals surface area (Å²) in [5.41, 5.74) is 1.19. The molecule has 0 fully saturated rings. The number of benzene rings is 3. The zero-order valence-electron chi connectivity index (χ0n) is 18.9. The van der Waals surface area contributed by atoms with Crippen LogP contribution in [-0.2, 0) is 14.8 Å². The predicted molar refractivity (Wildman–Crippen MR) is 129 cm³/mol. The number of amides is 1. The van der Waals surface area contributed by atoms with E-state index in [0.717, 1.165) is 16.1 Å². The maximum Gasteiger partial charge on any atom is 0.241 e. The third-order valence-electron chi connectivity index (χ3n) is 5.23. The number of hydrogen-bond acceptors (Lipinski definition) is 6. The van der Waals surface area contributed by atoms with Gasteiger partial charge in [-0.1, -0.05) is 24.3 Å². The number of carbonyl (C=O) groups excluding carboxylic acids is 1. The van der Waals surface area contributed by atoms with Gasteiger partial charge in [-0.2, -0.15) is 0 Å². The van der Waals surface area contributed by atoms with Gasteiger partial charge in [-0.15, -0.1) is 0 Å². The maximum atomic E-state index is 12.8. The molecule has 0 spiro atoms. The van der Waals surface area contributed by atoms with Gasteiger partial charge in [-0.3, -0.25) is 9.10 Å². The summed E-state index contributed by atoms with van der Waals surface area (Å²) in [6, 6.07) is 20.9. The van der Waals surface area contributed by atoms with Crippen LogP contribution in [0.25, 0.3) is 0 Å². The van der Waals surface area contributed by atoms with Gasteiger partial charge in [-0.05, 0) is 61.0 Å². The van der Waals surface area contributed by atoms with Gasteiger partial charge in [0.25, 0.3) is 0 Å². The van der Waals surface area contributed by atoms with Crippen LogP contribution in [0.2, 0.25) is 0 Å². The molecule has 3 aromatic rings. The minimum Gasteiger partial charge on any atom is -0.486 e. The molecule has 1 heterocycles. The Morgan fingerprint density at radius 1 is 0.971 bits per heavy atom. The highest BCUT2D eigenvalue weighted by molar-refractivity contribution is 7.92. The zero-order valence-corrected chi connectivity index (χ0v) is 19.7. The number of nitrogens with one attached hydrogen (secondary N) is 1. The molecule has 1 atom stereocenters. The van der Waals surface area contributed by atoms with Crippen molar-refractivity contribution in [3.05, 3.63) is 78.4 Å². The molecule has 0 aliphatic carbocycles. The first kappa shape index (κ1) is 23.4. The number of fused-ring (bicyclic) bond motifs is 1. The van der Waals surface area contributed by atoms with E-state index in [-0.39, 0.29) is 12.6 Å². The quantitative estimate of drug-likeness (QED) is 0.524. The number of hydrogen-bond donors (Lipinski definition) is 1. The van der Waals surface area contributed by atoms with Gasteiger partial charge in [0.1, 0.15) is 31.3 Å². The maximum absolute atomic E-state index is 12.8. The molecule has 0 bridgehead atoms. The first-order valence-corrected chi connectivity index (χ1v) is 12.6. The van der Waals surface area contributed by atoms with Crippen LogP contribution in [-0.4, -0.2) is 40.3 Å². The van der Waals surface area contributed by atoms with Gasteiger partial charge in [0.05, 0.1) is 18.0 Å². The minimum atomic E-state index is -3.70. The molecule has 0 saturated heterocycles. The summed E-state index contributed by atoms with van der Waals surface area (Å²) in [6.45, 7) is 2.44. The van der Waals surface area contributed by atoms with Crippen LogP contribution < -0.4 is 23.8 Å². The van der Waals surface area contributed by atoms with Gasteiger partial charge in [0.2, 0.25) is 15.9 Å². The van der Waals surface area contributed by atoms with Crippen molar-refractivity contribution in [1.29, 1.82) is 0 Å². The average Bonchev–Trinajstić information content (AvgIpc) is 2.83. The summed E-state index contributed by atoms with van der Waals surface area (Å²) < 4.78 is 42.8. The Kier molecular flexibility index (Phi) is 6.93. The third-order valence-corrected chi connectivity index (χ3v) is 6.38. The van der Waals surface area contributed by atoms with Crippen molar-refractivity contribution in [1.82, 2.24) is 5.32 Å². The fraction of sp³-hybridized carbons (Fsp3) is 0.240. The number of anilines is 1. The molecule has 9 heteroatoms. The van der Waals surface area contributed by atoms with E-state index in [9.17, 15) is 13.2 Å². The van der Waals surface area contributed by atoms with Crippen LogP contribution >= 0.6 is 0 Å². The summed E-state index contributed by atoms with van der Waals surface area (Å²) in [5.74, 6) is 2.08. The molecule has 8 nitrogen and oxygen atoms in total. The van der Waals surface area contributed by atoms with Crippen LogP contribution in [0.4, 0.5) is 5.69 Å². The fourth-order valence-electron chi connectivity index (χ4n) is 3.54. The summed E-state index contributed by atoms with van der Waals surface area (Å²) in [6.07, 6.45) is 1.07. The lowest BCUT2D eigenvalue weighted by molar-refractivity contribution is -0.120. The number of nitrogens with zero attached hydrogens (tertiary/aromatic N) is 1. The zero-order chi connectivity index (χ0) is 24.1. The molecule has 34 heavy (non-hydrogen) atoms. The molecule has 178 valence electrons. The first-order valence-electron chi connectivity index (χ1n) is 10.8. The van der Waals surface area contributed by atoms with Crippen molar-refractivity contribution in [3.8, 4) is 23.0 Å². The van der Waals surface area contributed by atoms with E-state index >= 15 is 0 Å². The number of para-hydroxylation sites is 1. The number of sulfonamides is 1. The minimum absolute atomic E-state index is 0.355. The molecule has 1 aliphatic rings. The lowest BCUT2D eigenvalue weighted by Gasteiger charge is -2.24. The summed E-state index contributed by atoms with van der Waals surface area (Å²) in [7, 11) is -3.70. The number of carbonyl (C=O) groups is 1. The Labute approximate surface area is 199 Å². The van der Waals surface area contributed by atoms with Crippen molar-refractivity contribution in [2.75, 3.05) is 30.3 Å². The summed E-state index contributed by atoms with van der Waals surface area (Å²) >= 11 is 0. The molecule has 1 amide bonds. The Bertz CT molecular complexity index is 1250. The normalized spacial score (nSPS) is 13.6. The second kappa shape index (κ2) is 10.0. The SMILES string of the molecule is C[C@@H](NC(=O)CN(c1ccc(Oc2ccccc2)cc1)S(C)(=O)=O)c1ccc2c(c1)OCCO2. The van der Waals surface area contributed by atoms with E-state index in [1.165, 1.54) is 0 Å². The average molecular weight is 483 g/mol. The molecule has 1 N–H and O–H groups in total. The van der Waals surface area contributed by atoms with Gasteiger partial charge < -0.3 is 19.5 Å². The first-order chi connectivity index (χ1) is 16.3. The van der Waals surface area contributed by atoms with E-state index in [0.29, 0.717) is 41.9 Å². The molecule has 0 radical (unpaired) electrons. The number of ether oxygens (including phenoxy) is 3. The molecular formula is C25H26N2O6S. The lowest BCUT2D eigenvalue weighted by atomic mass is 10.1. The monoisotopic (exact) mass is 482 g/mol. The molecular weight excluding hydrogens is 456 g/mol. The van der Waals surface area contributed by atoms with Crippen LogP contribution in [0.3, 0.4) is 0 Å². The Morgan fingerprint density at radius 3 is 2.29 bits per heavy atom. The third kappa shape index (κ3) is 5.79. The van der Waals surface area contributed by atoms with Crippen molar-refractivity contribution in [2.24, 2.45) is 0 Å². The summed E-state index contributed by atoms with van der Waals surface area (Å²) in [5, 5.41) is 2.85. The Hall–Kier alpha value is -3.72. The predicted octanol–water partition coefficient (Wildman–Crippen LogP) is 3.89. The second-order valence-electron chi connectivity index (χ2n) is 7.87. The van der Waals surface area contributed by atoms with Crippen molar-refractivity contribution >= 4 is 21.6 Å². The highest BCUT2D eigenvalue weighted by Crippen LogP contribution is 2.32. The second-order valence-corrected chi connectivity index (χ2v) is 9.78. The van der Waals surface area contributed by atoms with E-state index in [1.807, 2.05) is 49.4 Å². The van der Waals surface area contributed by atoms with E-state index in [2.05, 4.69) is 5.32 Å². The van der Waals surface area contributed by atoms with E-state index in [4.69, 9.17) is 14.2 Å². The molecule has 0 saturated carbocycles. The lowest BCUT2D eigenvalue weighted by Crippen LogP contribution is -2.41. The molecule has 3 aromatic carbocycles. The highest BCUT2D eigenvalue weighted by Gasteiger charge is 2.23. The topological polar surface area (TPSA) is 94.2 Å². The van der Waals surface area contributed by atoms with Crippen LogP contribution in [0, 0.1) is 0 Å². The highest BCUT2D eigenvalue weighted by atomic mass is 32.2. The van der Waals surface area contributed by atoms with E-state index < -0.39 is 15.9 Å². The van der Waals surface area contributed by atoms with Gasteiger partial charge in [0, 0.05) is 0 Å². The summed E-state index contributed by atoms with van der Waals surface area (Å²) in [4.78, 5) is 12.8. The Balaban J connectivity index is 1.43.